The maximum Gasteiger partial charge on any atom is 0.244 e. The summed E-state index contributed by atoms with van der Waals surface area (Å²) in [5, 5.41) is 9.47. The Balaban J connectivity index is 1.45. The van der Waals surface area contributed by atoms with Gasteiger partial charge in [-0.2, -0.15) is 5.10 Å². The van der Waals surface area contributed by atoms with Crippen molar-refractivity contribution in [3.05, 3.63) is 30.2 Å². The van der Waals surface area contributed by atoms with E-state index in [9.17, 15) is 4.79 Å². The number of morpholine rings is 1. The Kier molecular flexibility index (Phi) is 4.09. The van der Waals surface area contributed by atoms with E-state index in [1.165, 1.54) is 6.33 Å². The number of thiophene rings is 1. The molecule has 0 saturated carbocycles. The number of fused-ring (bicyclic) bond motifs is 1. The SMILES string of the molecule is O=C(Cn1cc(Nc2ncnc3ccsc23)cn1)N1CCOCC1. The zero-order chi connectivity index (χ0) is 16.4. The summed E-state index contributed by atoms with van der Waals surface area (Å²) >= 11 is 1.58. The first kappa shape index (κ1) is 15.0. The van der Waals surface area contributed by atoms with Crippen LogP contribution in [0.4, 0.5) is 11.5 Å². The Morgan fingerprint density at radius 2 is 2.21 bits per heavy atom. The lowest BCUT2D eigenvalue weighted by Gasteiger charge is -2.26. The molecular formula is C15H16N6O2S. The molecule has 0 unspecified atom stereocenters. The molecule has 3 aromatic heterocycles. The van der Waals surface area contributed by atoms with Gasteiger partial charge in [-0.3, -0.25) is 9.48 Å². The highest BCUT2D eigenvalue weighted by molar-refractivity contribution is 7.17. The van der Waals surface area contributed by atoms with E-state index in [2.05, 4.69) is 20.4 Å². The number of hydrogen-bond acceptors (Lipinski definition) is 7. The lowest BCUT2D eigenvalue weighted by atomic mass is 10.4. The van der Waals surface area contributed by atoms with Crippen LogP contribution in [0.2, 0.25) is 0 Å². The van der Waals surface area contributed by atoms with Gasteiger partial charge in [0.2, 0.25) is 5.91 Å². The van der Waals surface area contributed by atoms with Crippen molar-refractivity contribution in [1.82, 2.24) is 24.6 Å². The Labute approximate surface area is 142 Å². The molecule has 24 heavy (non-hydrogen) atoms. The molecule has 9 heteroatoms. The molecule has 1 saturated heterocycles. The number of hydrogen-bond donors (Lipinski definition) is 1. The number of aromatic nitrogens is 4. The summed E-state index contributed by atoms with van der Waals surface area (Å²) in [6.45, 7) is 2.70. The van der Waals surface area contributed by atoms with Crippen LogP contribution in [0.1, 0.15) is 0 Å². The standard InChI is InChI=1S/C15H16N6O2S/c22-13(20-2-4-23-5-3-20)9-21-8-11(7-18-21)19-15-14-12(1-6-24-14)16-10-17-15/h1,6-8,10H,2-5,9H2,(H,16,17,19). The highest BCUT2D eigenvalue weighted by atomic mass is 32.1. The first-order valence-corrected chi connectivity index (χ1v) is 8.51. The van der Waals surface area contributed by atoms with E-state index in [0.717, 1.165) is 21.7 Å². The highest BCUT2D eigenvalue weighted by Gasteiger charge is 2.17. The predicted octanol–water partition coefficient (Wildman–Crippen LogP) is 1.49. The number of carbonyl (C=O) groups excluding carboxylic acids is 1. The van der Waals surface area contributed by atoms with Gasteiger partial charge >= 0.3 is 0 Å². The van der Waals surface area contributed by atoms with Crippen molar-refractivity contribution < 1.29 is 9.53 Å². The number of amides is 1. The van der Waals surface area contributed by atoms with Gasteiger partial charge in [0.05, 0.1) is 35.3 Å². The van der Waals surface area contributed by atoms with Gasteiger partial charge in [0.1, 0.15) is 12.9 Å². The van der Waals surface area contributed by atoms with Gasteiger partial charge in [-0.05, 0) is 11.4 Å². The highest BCUT2D eigenvalue weighted by Crippen LogP contribution is 2.27. The number of nitrogens with zero attached hydrogens (tertiary/aromatic N) is 5. The van der Waals surface area contributed by atoms with Crippen LogP contribution in [0, 0.1) is 0 Å². The van der Waals surface area contributed by atoms with Crippen molar-refractivity contribution in [2.24, 2.45) is 0 Å². The number of carbonyl (C=O) groups is 1. The van der Waals surface area contributed by atoms with Crippen molar-refractivity contribution in [1.29, 1.82) is 0 Å². The molecule has 1 N–H and O–H groups in total. The minimum atomic E-state index is 0.0515. The monoisotopic (exact) mass is 344 g/mol. The minimum Gasteiger partial charge on any atom is -0.378 e. The summed E-state index contributed by atoms with van der Waals surface area (Å²) in [7, 11) is 0. The molecule has 1 aliphatic rings. The van der Waals surface area contributed by atoms with Crippen LogP contribution in [0.15, 0.2) is 30.2 Å². The maximum atomic E-state index is 12.2. The molecule has 1 aliphatic heterocycles. The topological polar surface area (TPSA) is 85.2 Å². The second kappa shape index (κ2) is 6.54. The fourth-order valence-electron chi connectivity index (χ4n) is 2.58. The quantitative estimate of drug-likeness (QED) is 0.772. The Bertz CT molecular complexity index is 854. The van der Waals surface area contributed by atoms with E-state index in [0.29, 0.717) is 26.3 Å². The summed E-state index contributed by atoms with van der Waals surface area (Å²) in [5.74, 6) is 0.796. The third-order valence-electron chi connectivity index (χ3n) is 3.80. The van der Waals surface area contributed by atoms with Gasteiger partial charge in [-0.25, -0.2) is 9.97 Å². The number of anilines is 2. The molecule has 1 fully saturated rings. The van der Waals surface area contributed by atoms with E-state index in [1.807, 2.05) is 11.4 Å². The van der Waals surface area contributed by atoms with Crippen molar-refractivity contribution >= 4 is 39.0 Å². The van der Waals surface area contributed by atoms with E-state index in [4.69, 9.17) is 4.74 Å². The molecule has 0 bridgehead atoms. The minimum absolute atomic E-state index is 0.0515. The normalized spacial score (nSPS) is 14.9. The molecule has 3 aromatic rings. The third-order valence-corrected chi connectivity index (χ3v) is 4.71. The van der Waals surface area contributed by atoms with Crippen molar-refractivity contribution in [2.45, 2.75) is 6.54 Å². The summed E-state index contributed by atoms with van der Waals surface area (Å²) in [5.41, 5.74) is 1.70. The zero-order valence-corrected chi connectivity index (χ0v) is 13.7. The zero-order valence-electron chi connectivity index (χ0n) is 12.9. The molecule has 0 atom stereocenters. The van der Waals surface area contributed by atoms with Crippen molar-refractivity contribution in [2.75, 3.05) is 31.6 Å². The summed E-state index contributed by atoms with van der Waals surface area (Å²) in [6.07, 6.45) is 5.03. The molecule has 124 valence electrons. The number of nitrogens with one attached hydrogen (secondary N) is 1. The fourth-order valence-corrected chi connectivity index (χ4v) is 3.37. The lowest BCUT2D eigenvalue weighted by molar-refractivity contribution is -0.136. The second-order valence-corrected chi connectivity index (χ2v) is 6.32. The average Bonchev–Trinajstić information content (AvgIpc) is 3.25. The molecule has 8 nitrogen and oxygen atoms in total. The first-order valence-electron chi connectivity index (χ1n) is 7.63. The Morgan fingerprint density at radius 3 is 3.08 bits per heavy atom. The molecular weight excluding hydrogens is 328 g/mol. The fraction of sp³-hybridized carbons (Fsp3) is 0.333. The number of rotatable bonds is 4. The molecule has 0 radical (unpaired) electrons. The summed E-state index contributed by atoms with van der Waals surface area (Å²) in [4.78, 5) is 22.5. The maximum absolute atomic E-state index is 12.2. The molecule has 0 aromatic carbocycles. The molecule has 4 rings (SSSR count). The van der Waals surface area contributed by atoms with Gasteiger partial charge in [0.15, 0.2) is 5.82 Å². The molecule has 4 heterocycles. The van der Waals surface area contributed by atoms with Gasteiger partial charge in [-0.1, -0.05) is 0 Å². The van der Waals surface area contributed by atoms with E-state index >= 15 is 0 Å². The van der Waals surface area contributed by atoms with Crippen LogP contribution in [0.5, 0.6) is 0 Å². The van der Waals surface area contributed by atoms with Gasteiger partial charge in [0, 0.05) is 19.3 Å². The predicted molar refractivity (Wildman–Crippen MR) is 90.3 cm³/mol. The van der Waals surface area contributed by atoms with E-state index in [1.54, 1.807) is 33.3 Å². The average molecular weight is 344 g/mol. The van der Waals surface area contributed by atoms with Crippen LogP contribution in [-0.4, -0.2) is 56.9 Å². The van der Waals surface area contributed by atoms with E-state index < -0.39 is 0 Å². The largest absolute Gasteiger partial charge is 0.378 e. The van der Waals surface area contributed by atoms with E-state index in [-0.39, 0.29) is 12.5 Å². The second-order valence-electron chi connectivity index (χ2n) is 5.40. The summed E-state index contributed by atoms with van der Waals surface area (Å²) < 4.78 is 7.89. The lowest BCUT2D eigenvalue weighted by Crippen LogP contribution is -2.42. The summed E-state index contributed by atoms with van der Waals surface area (Å²) in [6, 6.07) is 1.96. The Hall–Kier alpha value is -2.52. The molecule has 1 amide bonds. The smallest absolute Gasteiger partial charge is 0.244 e. The van der Waals surface area contributed by atoms with Crippen LogP contribution < -0.4 is 5.32 Å². The number of ether oxygens (including phenoxy) is 1. The van der Waals surface area contributed by atoms with Gasteiger partial charge < -0.3 is 15.0 Å². The van der Waals surface area contributed by atoms with Gasteiger partial charge in [-0.15, -0.1) is 11.3 Å². The molecule has 0 aliphatic carbocycles. The Morgan fingerprint density at radius 1 is 1.33 bits per heavy atom. The van der Waals surface area contributed by atoms with Crippen molar-refractivity contribution in [3.8, 4) is 0 Å². The third kappa shape index (κ3) is 3.08. The van der Waals surface area contributed by atoms with Crippen LogP contribution >= 0.6 is 11.3 Å². The molecule has 0 spiro atoms. The van der Waals surface area contributed by atoms with Crippen molar-refractivity contribution in [3.63, 3.8) is 0 Å². The van der Waals surface area contributed by atoms with Crippen LogP contribution in [0.3, 0.4) is 0 Å². The first-order chi connectivity index (χ1) is 11.8. The van der Waals surface area contributed by atoms with Crippen LogP contribution in [0.25, 0.3) is 10.2 Å². The van der Waals surface area contributed by atoms with Gasteiger partial charge in [0.25, 0.3) is 0 Å². The van der Waals surface area contributed by atoms with Crippen LogP contribution in [-0.2, 0) is 16.1 Å².